The number of nitrogens with one attached hydrogen (secondary N) is 2. The number of benzene rings is 1. The fraction of sp³-hybridized carbons (Fsp3) is 0.250. The van der Waals surface area contributed by atoms with Crippen molar-refractivity contribution < 1.29 is 14.1 Å². The summed E-state index contributed by atoms with van der Waals surface area (Å²) < 4.78 is 5.10. The van der Waals surface area contributed by atoms with Crippen LogP contribution in [0.1, 0.15) is 28.1 Å². The topological polar surface area (TPSA) is 126 Å². The fourth-order valence-electron chi connectivity index (χ4n) is 3.07. The molecule has 0 atom stereocenters. The largest absolute Gasteiger partial charge is 0.385 e. The molecule has 1 saturated heterocycles. The van der Waals surface area contributed by atoms with Gasteiger partial charge in [0.05, 0.1) is 23.0 Å². The number of urea groups is 1. The molecule has 1 aromatic carbocycles. The highest BCUT2D eigenvalue weighted by Crippen LogP contribution is 2.19. The van der Waals surface area contributed by atoms with Crippen LogP contribution in [0.4, 0.5) is 4.79 Å². The number of hydrogen-bond acceptors (Lipinski definition) is 7. The molecule has 2 heterocycles. The lowest BCUT2D eigenvalue weighted by Gasteiger charge is -2.17. The van der Waals surface area contributed by atoms with Crippen LogP contribution >= 0.6 is 0 Å². The molecular weight excluding hydrogens is 372 g/mol. The first kappa shape index (κ1) is 19.8. The van der Waals surface area contributed by atoms with Crippen molar-refractivity contribution in [2.45, 2.75) is 26.9 Å². The Morgan fingerprint density at radius 1 is 1.41 bits per heavy atom. The first-order chi connectivity index (χ1) is 13.9. The molecule has 29 heavy (non-hydrogen) atoms. The number of imide groups is 1. The van der Waals surface area contributed by atoms with Crippen molar-refractivity contribution in [1.29, 1.82) is 10.7 Å². The molecule has 3 rings (SSSR count). The molecule has 0 unspecified atom stereocenters. The molecule has 1 aliphatic heterocycles. The van der Waals surface area contributed by atoms with Crippen molar-refractivity contribution >= 4 is 18.2 Å². The number of nitriles is 1. The average molecular weight is 392 g/mol. The quantitative estimate of drug-likeness (QED) is 0.549. The molecule has 9 nitrogen and oxygen atoms in total. The van der Waals surface area contributed by atoms with E-state index < -0.39 is 11.9 Å². The molecule has 2 aromatic rings. The Morgan fingerprint density at radius 2 is 2.21 bits per heavy atom. The van der Waals surface area contributed by atoms with Crippen LogP contribution in [-0.2, 0) is 17.9 Å². The van der Waals surface area contributed by atoms with Gasteiger partial charge in [0.25, 0.3) is 5.91 Å². The van der Waals surface area contributed by atoms with Gasteiger partial charge in [0.15, 0.2) is 0 Å². The number of allylic oxidation sites excluding steroid dienone is 1. The third kappa shape index (κ3) is 4.16. The van der Waals surface area contributed by atoms with E-state index in [4.69, 9.17) is 15.2 Å². The minimum atomic E-state index is -0.508. The van der Waals surface area contributed by atoms with Crippen LogP contribution in [0.5, 0.6) is 0 Å². The molecule has 3 amide bonds. The van der Waals surface area contributed by atoms with Crippen molar-refractivity contribution in [1.82, 2.24) is 20.3 Å². The lowest BCUT2D eigenvalue weighted by molar-refractivity contribution is -0.123. The molecule has 0 aliphatic carbocycles. The Morgan fingerprint density at radius 3 is 2.86 bits per heavy atom. The molecule has 2 N–H and O–H groups in total. The monoisotopic (exact) mass is 392 g/mol. The van der Waals surface area contributed by atoms with E-state index >= 15 is 0 Å². The molecule has 1 aliphatic rings. The maximum absolute atomic E-state index is 12.7. The highest BCUT2D eigenvalue weighted by atomic mass is 16.5. The zero-order valence-corrected chi connectivity index (χ0v) is 16.1. The van der Waals surface area contributed by atoms with Crippen LogP contribution in [0.15, 0.2) is 40.7 Å². The van der Waals surface area contributed by atoms with Gasteiger partial charge in [-0.25, -0.2) is 9.69 Å². The number of aromatic nitrogens is 1. The third-order valence-corrected chi connectivity index (χ3v) is 4.58. The SMILES string of the molecule is Cc1noc(C)c1CN/C=C(\C=N)N1C(=O)CN(Cc2cccc(C#N)c2)C1=O. The van der Waals surface area contributed by atoms with Gasteiger partial charge in [0, 0.05) is 31.1 Å². The van der Waals surface area contributed by atoms with E-state index in [1.165, 1.54) is 11.1 Å². The predicted octanol–water partition coefficient (Wildman–Crippen LogP) is 2.21. The summed E-state index contributed by atoms with van der Waals surface area (Å²) in [7, 11) is 0. The maximum atomic E-state index is 12.7. The van der Waals surface area contributed by atoms with Crippen LogP contribution in [-0.4, -0.2) is 39.7 Å². The number of amides is 3. The molecule has 0 radical (unpaired) electrons. The second kappa shape index (κ2) is 8.39. The van der Waals surface area contributed by atoms with Gasteiger partial charge in [0.2, 0.25) is 0 Å². The first-order valence-corrected chi connectivity index (χ1v) is 8.91. The molecule has 9 heteroatoms. The average Bonchev–Trinajstić information content (AvgIpc) is 3.18. The number of carbonyl (C=O) groups excluding carboxylic acids is 2. The Bertz CT molecular complexity index is 1010. The zero-order chi connectivity index (χ0) is 21.0. The molecule has 0 bridgehead atoms. The number of carbonyl (C=O) groups is 2. The van der Waals surface area contributed by atoms with Gasteiger partial charge < -0.3 is 20.1 Å². The van der Waals surface area contributed by atoms with Crippen LogP contribution in [0.25, 0.3) is 0 Å². The maximum Gasteiger partial charge on any atom is 0.332 e. The molecule has 1 aromatic heterocycles. The standard InChI is InChI=1S/C20H20N6O3/c1-13-18(14(2)29-24-13)10-23-9-17(8-22)26-19(27)12-25(20(26)28)11-16-5-3-4-15(6-16)7-21/h3-6,8-9,22-23H,10-12H2,1-2H3/b17-9+,22-8?. The number of hydrogen-bond donors (Lipinski definition) is 2. The van der Waals surface area contributed by atoms with Crippen LogP contribution in [0, 0.1) is 30.6 Å². The second-order valence-electron chi connectivity index (χ2n) is 6.58. The fourth-order valence-corrected chi connectivity index (χ4v) is 3.07. The highest BCUT2D eigenvalue weighted by molar-refractivity contribution is 6.07. The van der Waals surface area contributed by atoms with Crippen molar-refractivity contribution in [2.24, 2.45) is 0 Å². The van der Waals surface area contributed by atoms with E-state index in [0.717, 1.165) is 27.9 Å². The van der Waals surface area contributed by atoms with Gasteiger partial charge in [-0.05, 0) is 31.5 Å². The number of nitrogens with zero attached hydrogens (tertiary/aromatic N) is 4. The Balaban J connectivity index is 1.71. The van der Waals surface area contributed by atoms with E-state index in [2.05, 4.69) is 16.5 Å². The summed E-state index contributed by atoms with van der Waals surface area (Å²) in [6.45, 7) is 4.12. The van der Waals surface area contributed by atoms with Gasteiger partial charge in [-0.2, -0.15) is 5.26 Å². The van der Waals surface area contributed by atoms with Crippen molar-refractivity contribution in [3.8, 4) is 6.07 Å². The Kier molecular flexibility index (Phi) is 5.74. The first-order valence-electron chi connectivity index (χ1n) is 8.91. The van der Waals surface area contributed by atoms with Gasteiger partial charge in [-0.3, -0.25) is 4.79 Å². The minimum Gasteiger partial charge on any atom is -0.385 e. The normalized spacial score (nSPS) is 14.3. The van der Waals surface area contributed by atoms with Gasteiger partial charge in [0.1, 0.15) is 12.3 Å². The summed E-state index contributed by atoms with van der Waals surface area (Å²) in [4.78, 5) is 27.5. The summed E-state index contributed by atoms with van der Waals surface area (Å²) in [5, 5.41) is 23.5. The van der Waals surface area contributed by atoms with Crippen LogP contribution in [0.2, 0.25) is 0 Å². The third-order valence-electron chi connectivity index (χ3n) is 4.58. The highest BCUT2D eigenvalue weighted by Gasteiger charge is 2.37. The van der Waals surface area contributed by atoms with Gasteiger partial charge >= 0.3 is 6.03 Å². The van der Waals surface area contributed by atoms with Crippen molar-refractivity contribution in [3.63, 3.8) is 0 Å². The molecular formula is C20H20N6O3. The number of rotatable bonds is 7. The zero-order valence-electron chi connectivity index (χ0n) is 16.1. The molecule has 148 valence electrons. The summed E-state index contributed by atoms with van der Waals surface area (Å²) in [6.07, 6.45) is 2.41. The molecule has 0 saturated carbocycles. The number of aryl methyl sites for hydroxylation is 2. The van der Waals surface area contributed by atoms with E-state index in [0.29, 0.717) is 17.9 Å². The summed E-state index contributed by atoms with van der Waals surface area (Å²) >= 11 is 0. The summed E-state index contributed by atoms with van der Waals surface area (Å²) in [6, 6.07) is 8.42. The molecule has 0 spiro atoms. The lowest BCUT2D eigenvalue weighted by atomic mass is 10.1. The smallest absolute Gasteiger partial charge is 0.332 e. The van der Waals surface area contributed by atoms with Crippen molar-refractivity contribution in [2.75, 3.05) is 6.54 Å². The second-order valence-corrected chi connectivity index (χ2v) is 6.58. The van der Waals surface area contributed by atoms with Crippen LogP contribution in [0.3, 0.4) is 0 Å². The predicted molar refractivity (Wildman–Crippen MR) is 103 cm³/mol. The molecule has 1 fully saturated rings. The van der Waals surface area contributed by atoms with Gasteiger partial charge in [-0.1, -0.05) is 17.3 Å². The van der Waals surface area contributed by atoms with E-state index in [-0.39, 0.29) is 18.8 Å². The van der Waals surface area contributed by atoms with E-state index in [1.807, 2.05) is 6.92 Å². The van der Waals surface area contributed by atoms with E-state index in [1.54, 1.807) is 31.2 Å². The summed E-state index contributed by atoms with van der Waals surface area (Å²) in [5.41, 5.74) is 3.01. The van der Waals surface area contributed by atoms with Gasteiger partial charge in [-0.15, -0.1) is 0 Å². The lowest BCUT2D eigenvalue weighted by Crippen LogP contribution is -2.33. The minimum absolute atomic E-state index is 0.0926. The van der Waals surface area contributed by atoms with E-state index in [9.17, 15) is 9.59 Å². The van der Waals surface area contributed by atoms with Crippen molar-refractivity contribution in [3.05, 3.63) is 64.3 Å². The Labute approximate surface area is 167 Å². The van der Waals surface area contributed by atoms with Crippen LogP contribution < -0.4 is 5.32 Å². The summed E-state index contributed by atoms with van der Waals surface area (Å²) in [5.74, 6) is 0.263. The Hall–Kier alpha value is -3.93.